The Morgan fingerprint density at radius 2 is 0.519 bits per heavy atom. The molecule has 0 aromatic rings. The molecule has 0 amide bonds. The first kappa shape index (κ1) is 101. The van der Waals surface area contributed by atoms with E-state index >= 15 is 0 Å². The van der Waals surface area contributed by atoms with E-state index in [0.29, 0.717) is 38.5 Å². The zero-order valence-corrected chi connectivity index (χ0v) is 68.1. The van der Waals surface area contributed by atoms with E-state index in [9.17, 15) is 43.2 Å². The number of aliphatic hydroxyl groups is 1. The fraction of sp³-hybridized carbons (Fsp3) is 0.678. The quantitative estimate of drug-likeness (QED) is 0.0169. The van der Waals surface area contributed by atoms with Gasteiger partial charge in [-0.15, -0.1) is 0 Å². The first-order valence-corrected chi connectivity index (χ1v) is 44.1. The van der Waals surface area contributed by atoms with Crippen molar-refractivity contribution < 1.29 is 80.2 Å². The summed E-state index contributed by atoms with van der Waals surface area (Å²) in [5.74, 6) is -2.35. The van der Waals surface area contributed by atoms with E-state index < -0.39 is 97.5 Å². The summed E-state index contributed by atoms with van der Waals surface area (Å²) < 4.78 is 68.5. The predicted molar refractivity (Wildman–Crippen MR) is 436 cm³/mol. The second-order valence-corrected chi connectivity index (χ2v) is 29.9. The van der Waals surface area contributed by atoms with Crippen LogP contribution in [0.2, 0.25) is 0 Å². The second-order valence-electron chi connectivity index (χ2n) is 27.0. The molecule has 2 unspecified atom stereocenters. The summed E-state index contributed by atoms with van der Waals surface area (Å²) in [7, 11) is -10.0. The van der Waals surface area contributed by atoms with Crippen LogP contribution in [0.1, 0.15) is 323 Å². The van der Waals surface area contributed by atoms with Crippen molar-refractivity contribution in [3.8, 4) is 0 Å². The maximum atomic E-state index is 13.1. The smallest absolute Gasteiger partial charge is 0.462 e. The molecular formula is C87H146O17P2. The van der Waals surface area contributed by atoms with Crippen LogP contribution in [-0.2, 0) is 65.4 Å². The van der Waals surface area contributed by atoms with Crippen LogP contribution in [0, 0.1) is 0 Å². The van der Waals surface area contributed by atoms with Gasteiger partial charge in [-0.1, -0.05) is 289 Å². The first-order valence-electron chi connectivity index (χ1n) is 41.1. The SMILES string of the molecule is CC/C=C\C/C=C\C/C=C\C/C=C\C/C=C\C/C=C\CCC(=O)O[C@H](COC(=O)CCC/C=C\C/C=C\C/C=C\C/C=C\CCCCC)COP(=O)(O)OC[C@@H](O)COP(=O)(O)OC[C@@H](COC(=O)CCCCCCCCC/C=C\CCCCCC)OC(=O)CCCCCCC/C=C\CCCCCCCC. The molecule has 0 radical (unpaired) electrons. The van der Waals surface area contributed by atoms with E-state index in [-0.39, 0.29) is 25.7 Å². The van der Waals surface area contributed by atoms with Gasteiger partial charge >= 0.3 is 39.5 Å². The molecule has 0 heterocycles. The van der Waals surface area contributed by atoms with Crippen LogP contribution in [0.4, 0.5) is 0 Å². The minimum atomic E-state index is -5.02. The van der Waals surface area contributed by atoms with Gasteiger partial charge in [-0.25, -0.2) is 9.13 Å². The Morgan fingerprint density at radius 3 is 0.887 bits per heavy atom. The van der Waals surface area contributed by atoms with Crippen molar-refractivity contribution in [1.29, 1.82) is 0 Å². The van der Waals surface area contributed by atoms with Gasteiger partial charge in [0.15, 0.2) is 12.2 Å². The number of hydrogen-bond acceptors (Lipinski definition) is 15. The molecule has 0 saturated heterocycles. The van der Waals surface area contributed by atoms with Crippen molar-refractivity contribution in [1.82, 2.24) is 0 Å². The number of hydrogen-bond donors (Lipinski definition) is 3. The molecule has 5 atom stereocenters. The number of carbonyl (C=O) groups is 4. The van der Waals surface area contributed by atoms with Crippen LogP contribution >= 0.6 is 15.6 Å². The van der Waals surface area contributed by atoms with Crippen molar-refractivity contribution in [3.63, 3.8) is 0 Å². The predicted octanol–water partition coefficient (Wildman–Crippen LogP) is 24.2. The number of phosphoric ester groups is 2. The average molecular weight is 1530 g/mol. The van der Waals surface area contributed by atoms with Crippen LogP contribution in [0.15, 0.2) is 146 Å². The van der Waals surface area contributed by atoms with Crippen LogP contribution in [0.3, 0.4) is 0 Å². The molecule has 0 aromatic heterocycles. The lowest BCUT2D eigenvalue weighted by atomic mass is 10.1. The molecule has 0 spiro atoms. The van der Waals surface area contributed by atoms with Crippen molar-refractivity contribution in [3.05, 3.63) is 146 Å². The molecule has 3 N–H and O–H groups in total. The Labute approximate surface area is 643 Å². The van der Waals surface area contributed by atoms with Gasteiger partial charge in [0.05, 0.1) is 26.4 Å². The molecule has 106 heavy (non-hydrogen) atoms. The van der Waals surface area contributed by atoms with Crippen molar-refractivity contribution in [2.24, 2.45) is 0 Å². The average Bonchev–Trinajstić information content (AvgIpc) is 0.902. The Kier molecular flexibility index (Phi) is 74.3. The number of allylic oxidation sites excluding steroid dienone is 24. The van der Waals surface area contributed by atoms with Gasteiger partial charge in [-0.05, 0) is 154 Å². The number of carbonyl (C=O) groups excluding carboxylic acids is 4. The normalized spacial score (nSPS) is 14.6. The van der Waals surface area contributed by atoms with E-state index in [0.717, 1.165) is 135 Å². The highest BCUT2D eigenvalue weighted by Gasteiger charge is 2.30. The minimum absolute atomic E-state index is 0.0462. The van der Waals surface area contributed by atoms with Gasteiger partial charge in [0.2, 0.25) is 0 Å². The Morgan fingerprint density at radius 1 is 0.274 bits per heavy atom. The summed E-state index contributed by atoms with van der Waals surface area (Å²) in [5, 5.41) is 10.7. The van der Waals surface area contributed by atoms with Crippen LogP contribution in [0.5, 0.6) is 0 Å². The van der Waals surface area contributed by atoms with Gasteiger partial charge in [-0.2, -0.15) is 0 Å². The lowest BCUT2D eigenvalue weighted by Gasteiger charge is -2.21. The van der Waals surface area contributed by atoms with E-state index in [1.807, 2.05) is 30.4 Å². The number of ether oxygens (including phenoxy) is 4. The summed E-state index contributed by atoms with van der Waals surface area (Å²) in [4.78, 5) is 73.1. The van der Waals surface area contributed by atoms with Crippen molar-refractivity contribution >= 4 is 39.5 Å². The van der Waals surface area contributed by atoms with E-state index in [2.05, 4.69) is 143 Å². The van der Waals surface area contributed by atoms with Crippen LogP contribution in [-0.4, -0.2) is 96.7 Å². The fourth-order valence-electron chi connectivity index (χ4n) is 10.5. The summed E-state index contributed by atoms with van der Waals surface area (Å²) >= 11 is 0. The van der Waals surface area contributed by atoms with E-state index in [1.54, 1.807) is 0 Å². The molecule has 0 saturated carbocycles. The summed E-state index contributed by atoms with van der Waals surface area (Å²) in [6.45, 7) is 4.57. The zero-order chi connectivity index (χ0) is 77.4. The Balaban J connectivity index is 5.50. The third-order valence-electron chi connectivity index (χ3n) is 16.8. The largest absolute Gasteiger partial charge is 0.472 e. The third-order valence-corrected chi connectivity index (χ3v) is 18.7. The monoisotopic (exact) mass is 1530 g/mol. The molecule has 0 fully saturated rings. The molecule has 0 aromatic carbocycles. The fourth-order valence-corrected chi connectivity index (χ4v) is 12.1. The van der Waals surface area contributed by atoms with Crippen molar-refractivity contribution in [2.75, 3.05) is 39.6 Å². The highest BCUT2D eigenvalue weighted by atomic mass is 31.2. The van der Waals surface area contributed by atoms with Crippen LogP contribution in [0.25, 0.3) is 0 Å². The summed E-state index contributed by atoms with van der Waals surface area (Å²) in [6.07, 6.45) is 89.8. The Hall–Kier alpha value is -5.06. The molecule has 0 aliphatic heterocycles. The lowest BCUT2D eigenvalue weighted by molar-refractivity contribution is -0.161. The molecule has 0 bridgehead atoms. The maximum absolute atomic E-state index is 13.1. The summed E-state index contributed by atoms with van der Waals surface area (Å²) in [6, 6.07) is 0. The third kappa shape index (κ3) is 77.1. The first-order chi connectivity index (χ1) is 51.7. The molecular weight excluding hydrogens is 1380 g/mol. The topological polar surface area (TPSA) is 237 Å². The Bertz CT molecular complexity index is 2580. The summed E-state index contributed by atoms with van der Waals surface area (Å²) in [5.41, 5.74) is 0. The zero-order valence-electron chi connectivity index (χ0n) is 66.3. The molecule has 0 aliphatic rings. The number of rotatable bonds is 76. The number of aliphatic hydroxyl groups excluding tert-OH is 1. The number of unbranched alkanes of at least 4 members (excludes halogenated alkanes) is 26. The second kappa shape index (κ2) is 78.1. The van der Waals surface area contributed by atoms with Gasteiger partial charge < -0.3 is 33.8 Å². The number of phosphoric acid groups is 2. The molecule has 606 valence electrons. The molecule has 17 nitrogen and oxygen atoms in total. The van der Waals surface area contributed by atoms with Gasteiger partial charge in [-0.3, -0.25) is 37.3 Å². The molecule has 19 heteroatoms. The van der Waals surface area contributed by atoms with Crippen molar-refractivity contribution in [2.45, 2.75) is 341 Å². The maximum Gasteiger partial charge on any atom is 0.472 e. The number of esters is 4. The van der Waals surface area contributed by atoms with E-state index in [4.69, 9.17) is 37.0 Å². The van der Waals surface area contributed by atoms with Gasteiger partial charge in [0.25, 0.3) is 0 Å². The molecule has 0 aliphatic carbocycles. The molecule has 0 rings (SSSR count). The highest BCUT2D eigenvalue weighted by Crippen LogP contribution is 2.45. The minimum Gasteiger partial charge on any atom is -0.462 e. The standard InChI is InChI=1S/C87H146O17P2/c1-5-9-13-17-21-25-29-33-37-39-40-42-46-50-54-58-62-66-70-74-87(92)104-83(78-98-85(90)72-68-64-60-56-52-48-45-41-38-34-30-26-22-18-14-10-6-2)80-102-106(95,96)100-76-81(88)75-99-105(93,94)101-79-82(103-86(91)73-69-65-61-57-53-49-44-36-32-28-24-20-16-12-8-4)77-97-84(89)71-67-63-59-55-51-47-43-35-31-27-23-19-15-11-7-3/h9,13,21-22,25-27,31,33-34,36-38,40,42,44-45,48,50,54,56,60,62,66,81-83,88H,5-8,10-12,14-20,23-24,28-30,32,35,39,41,43,46-47,49,51-53,55,57-59,61,63-65,67-80H2,1-4H3,(H,93,94)(H,95,96)/b13-9-,25-21-,26-22-,31-27-,37-33-,38-34-,42-40-,44-36-,48-45-,54-50-,60-56-,66-62-/t81-,82+,83+/m0/s1. The van der Waals surface area contributed by atoms with Gasteiger partial charge in [0.1, 0.15) is 19.3 Å². The van der Waals surface area contributed by atoms with Gasteiger partial charge in [0, 0.05) is 25.7 Å². The van der Waals surface area contributed by atoms with E-state index in [1.165, 1.54) is 96.3 Å². The lowest BCUT2D eigenvalue weighted by Crippen LogP contribution is -2.30. The van der Waals surface area contributed by atoms with Crippen LogP contribution < -0.4 is 0 Å². The highest BCUT2D eigenvalue weighted by molar-refractivity contribution is 7.47.